The Morgan fingerprint density at radius 1 is 1.26 bits per heavy atom. The minimum absolute atomic E-state index is 0.429. The van der Waals surface area contributed by atoms with Gasteiger partial charge in [0.15, 0.2) is 0 Å². The van der Waals surface area contributed by atoms with Gasteiger partial charge < -0.3 is 9.47 Å². The fourth-order valence-corrected chi connectivity index (χ4v) is 3.98. The Hall–Kier alpha value is -2.06. The molecule has 1 aliphatic heterocycles. The van der Waals surface area contributed by atoms with Crippen LogP contribution in [0, 0.1) is 11.3 Å². The molecule has 0 unspecified atom stereocenters. The molecule has 0 amide bonds. The van der Waals surface area contributed by atoms with Crippen LogP contribution in [0.15, 0.2) is 18.6 Å². The molecule has 2 aromatic rings. The Morgan fingerprint density at radius 2 is 2.13 bits per heavy atom. The Morgan fingerprint density at radius 3 is 2.96 bits per heavy atom. The van der Waals surface area contributed by atoms with E-state index < -0.39 is 0 Å². The summed E-state index contributed by atoms with van der Waals surface area (Å²) in [4.78, 5) is 11.2. The van der Waals surface area contributed by atoms with E-state index in [0.29, 0.717) is 16.6 Å². The zero-order valence-electron chi connectivity index (χ0n) is 12.9. The number of fused-ring (bicyclic) bond motifs is 1. The van der Waals surface area contributed by atoms with Crippen molar-refractivity contribution in [1.29, 1.82) is 5.26 Å². The summed E-state index contributed by atoms with van der Waals surface area (Å²) in [6.07, 6.45) is 9.44. The molecule has 6 heteroatoms. The van der Waals surface area contributed by atoms with Crippen molar-refractivity contribution in [2.45, 2.75) is 38.1 Å². The highest BCUT2D eigenvalue weighted by molar-refractivity contribution is 6.33. The number of nitriles is 1. The molecule has 1 aliphatic carbocycles. The SMILES string of the molecule is N#Cc1cnc(N2CC[C@@H](n3cnc4c3CCCC4)C2)c(Cl)c1. The Kier molecular flexibility index (Phi) is 3.70. The number of imidazole rings is 1. The highest BCUT2D eigenvalue weighted by atomic mass is 35.5. The summed E-state index contributed by atoms with van der Waals surface area (Å²) in [5.74, 6) is 0.780. The number of hydrogen-bond acceptors (Lipinski definition) is 4. The van der Waals surface area contributed by atoms with Crippen molar-refractivity contribution in [3.63, 3.8) is 0 Å². The number of rotatable bonds is 2. The van der Waals surface area contributed by atoms with Crippen molar-refractivity contribution in [3.8, 4) is 6.07 Å². The molecule has 3 heterocycles. The van der Waals surface area contributed by atoms with Crippen LogP contribution in [0.5, 0.6) is 0 Å². The van der Waals surface area contributed by atoms with Crippen LogP contribution < -0.4 is 4.90 Å². The Labute approximate surface area is 140 Å². The lowest BCUT2D eigenvalue weighted by Gasteiger charge is -2.21. The Balaban J connectivity index is 1.56. The summed E-state index contributed by atoms with van der Waals surface area (Å²) in [5.41, 5.74) is 3.20. The van der Waals surface area contributed by atoms with Crippen LogP contribution in [0.2, 0.25) is 5.02 Å². The van der Waals surface area contributed by atoms with Gasteiger partial charge in [-0.15, -0.1) is 0 Å². The first-order valence-corrected chi connectivity index (χ1v) is 8.49. The molecule has 2 aliphatic rings. The molecule has 5 nitrogen and oxygen atoms in total. The highest BCUT2D eigenvalue weighted by Gasteiger charge is 2.29. The average molecular weight is 328 g/mol. The first kappa shape index (κ1) is 14.5. The predicted octanol–water partition coefficient (Wildman–Crippen LogP) is 3.13. The molecule has 0 radical (unpaired) electrons. The van der Waals surface area contributed by atoms with Gasteiger partial charge in [0, 0.05) is 25.0 Å². The van der Waals surface area contributed by atoms with Crippen LogP contribution in [0.25, 0.3) is 0 Å². The fourth-order valence-electron chi connectivity index (χ4n) is 3.69. The van der Waals surface area contributed by atoms with E-state index in [9.17, 15) is 0 Å². The topological polar surface area (TPSA) is 57.7 Å². The maximum absolute atomic E-state index is 8.93. The molecule has 23 heavy (non-hydrogen) atoms. The van der Waals surface area contributed by atoms with Crippen molar-refractivity contribution in [2.75, 3.05) is 18.0 Å². The molecule has 4 rings (SSSR count). The summed E-state index contributed by atoms with van der Waals surface area (Å²) in [6.45, 7) is 1.82. The maximum atomic E-state index is 8.93. The number of hydrogen-bond donors (Lipinski definition) is 0. The lowest BCUT2D eigenvalue weighted by atomic mass is 10.0. The molecule has 1 fully saturated rings. The second-order valence-electron chi connectivity index (χ2n) is 6.28. The van der Waals surface area contributed by atoms with Crippen LogP contribution in [-0.4, -0.2) is 27.6 Å². The number of halogens is 1. The maximum Gasteiger partial charge on any atom is 0.147 e. The summed E-state index contributed by atoms with van der Waals surface area (Å²) < 4.78 is 2.37. The van der Waals surface area contributed by atoms with Crippen LogP contribution in [-0.2, 0) is 12.8 Å². The van der Waals surface area contributed by atoms with Crippen LogP contribution in [0.1, 0.15) is 42.3 Å². The van der Waals surface area contributed by atoms with E-state index in [4.69, 9.17) is 16.9 Å². The van der Waals surface area contributed by atoms with Gasteiger partial charge in [-0.2, -0.15) is 5.26 Å². The van der Waals surface area contributed by atoms with Crippen molar-refractivity contribution in [1.82, 2.24) is 14.5 Å². The van der Waals surface area contributed by atoms with Gasteiger partial charge in [-0.3, -0.25) is 0 Å². The molecule has 0 spiro atoms. The first-order valence-electron chi connectivity index (χ1n) is 8.11. The van der Waals surface area contributed by atoms with E-state index >= 15 is 0 Å². The van der Waals surface area contributed by atoms with Crippen LogP contribution >= 0.6 is 11.6 Å². The minimum Gasteiger partial charge on any atom is -0.353 e. The van der Waals surface area contributed by atoms with Gasteiger partial charge in [-0.05, 0) is 38.2 Å². The normalized spacial score (nSPS) is 20.3. The molecule has 1 saturated heterocycles. The highest BCUT2D eigenvalue weighted by Crippen LogP contribution is 2.33. The molecule has 0 N–H and O–H groups in total. The molecule has 118 valence electrons. The molecule has 0 aromatic carbocycles. The van der Waals surface area contributed by atoms with E-state index in [1.54, 1.807) is 12.3 Å². The molecule has 0 bridgehead atoms. The third-order valence-electron chi connectivity index (χ3n) is 4.87. The van der Waals surface area contributed by atoms with Gasteiger partial charge in [0.25, 0.3) is 0 Å². The number of aryl methyl sites for hydroxylation is 1. The number of aromatic nitrogens is 3. The van der Waals surface area contributed by atoms with Gasteiger partial charge in [-0.1, -0.05) is 11.6 Å². The van der Waals surface area contributed by atoms with E-state index in [0.717, 1.165) is 38.2 Å². The number of pyridine rings is 1. The molecule has 2 aromatic heterocycles. The second kappa shape index (κ2) is 5.86. The second-order valence-corrected chi connectivity index (χ2v) is 6.69. The average Bonchev–Trinajstić information content (AvgIpc) is 3.21. The van der Waals surface area contributed by atoms with Crippen molar-refractivity contribution >= 4 is 17.4 Å². The quantitative estimate of drug-likeness (QED) is 0.850. The monoisotopic (exact) mass is 327 g/mol. The predicted molar refractivity (Wildman–Crippen MR) is 88.7 cm³/mol. The van der Waals surface area contributed by atoms with Gasteiger partial charge in [0.2, 0.25) is 0 Å². The zero-order valence-corrected chi connectivity index (χ0v) is 13.6. The lowest BCUT2D eigenvalue weighted by molar-refractivity contribution is 0.515. The van der Waals surface area contributed by atoms with E-state index in [1.807, 2.05) is 6.33 Å². The number of anilines is 1. The third-order valence-corrected chi connectivity index (χ3v) is 5.15. The molecule has 1 atom stereocenters. The largest absolute Gasteiger partial charge is 0.353 e. The van der Waals surface area contributed by atoms with Crippen LogP contribution in [0.4, 0.5) is 5.82 Å². The van der Waals surface area contributed by atoms with E-state index in [-0.39, 0.29) is 0 Å². The standard InChI is InChI=1S/C17H18ClN5/c18-14-7-12(8-19)9-20-17(14)22-6-5-13(10-22)23-11-21-15-3-1-2-4-16(15)23/h7,9,11,13H,1-6,10H2/t13-/m1/s1. The molecular weight excluding hydrogens is 310 g/mol. The smallest absolute Gasteiger partial charge is 0.147 e. The summed E-state index contributed by atoms with van der Waals surface area (Å²) in [7, 11) is 0. The van der Waals surface area contributed by atoms with Crippen molar-refractivity contribution < 1.29 is 0 Å². The van der Waals surface area contributed by atoms with Gasteiger partial charge in [-0.25, -0.2) is 9.97 Å². The summed E-state index contributed by atoms with van der Waals surface area (Å²) in [6, 6.07) is 4.19. The van der Waals surface area contributed by atoms with Crippen molar-refractivity contribution in [3.05, 3.63) is 40.6 Å². The summed E-state index contributed by atoms with van der Waals surface area (Å²) >= 11 is 6.30. The molecule has 0 saturated carbocycles. The van der Waals surface area contributed by atoms with Crippen LogP contribution in [0.3, 0.4) is 0 Å². The first-order chi connectivity index (χ1) is 11.3. The molecular formula is C17H18ClN5. The Bertz CT molecular complexity index is 776. The van der Waals surface area contributed by atoms with Gasteiger partial charge >= 0.3 is 0 Å². The fraction of sp³-hybridized carbons (Fsp3) is 0.471. The lowest BCUT2D eigenvalue weighted by Crippen LogP contribution is -2.23. The third kappa shape index (κ3) is 2.57. The van der Waals surface area contributed by atoms with Gasteiger partial charge in [0.05, 0.1) is 28.6 Å². The minimum atomic E-state index is 0.429. The van der Waals surface area contributed by atoms with Gasteiger partial charge in [0.1, 0.15) is 11.9 Å². The van der Waals surface area contributed by atoms with Crippen molar-refractivity contribution in [2.24, 2.45) is 0 Å². The van der Waals surface area contributed by atoms with E-state index in [2.05, 4.69) is 25.5 Å². The van der Waals surface area contributed by atoms with E-state index in [1.165, 1.54) is 24.2 Å². The summed E-state index contributed by atoms with van der Waals surface area (Å²) in [5, 5.41) is 9.48. The zero-order chi connectivity index (χ0) is 15.8. The number of nitrogens with zero attached hydrogens (tertiary/aromatic N) is 5.